The van der Waals surface area contributed by atoms with Crippen molar-refractivity contribution in [1.82, 2.24) is 0 Å². The van der Waals surface area contributed by atoms with E-state index in [0.717, 1.165) is 0 Å². The molecule has 0 heterocycles. The first-order valence-corrected chi connectivity index (χ1v) is 5.90. The van der Waals surface area contributed by atoms with E-state index in [2.05, 4.69) is 0 Å². The Balaban J connectivity index is 2.24. The predicted molar refractivity (Wildman–Crippen MR) is 74.0 cm³/mol. The lowest BCUT2D eigenvalue weighted by Gasteiger charge is -2.08. The Bertz CT molecular complexity index is 582. The molecule has 2 aromatic rings. The molecule has 3 N–H and O–H groups in total. The van der Waals surface area contributed by atoms with Crippen molar-refractivity contribution in [2.24, 2.45) is 5.73 Å². The lowest BCUT2D eigenvalue weighted by molar-refractivity contribution is 0.483. The van der Waals surface area contributed by atoms with Crippen LogP contribution in [0.4, 0.5) is 0 Å². The molecule has 2 rings (SSSR count). The number of hydrogen-bond donors (Lipinski definition) is 2. The van der Waals surface area contributed by atoms with E-state index in [1.807, 2.05) is 0 Å². The van der Waals surface area contributed by atoms with Crippen molar-refractivity contribution < 1.29 is 4.74 Å². The number of amidine groups is 1. The number of nitrogen functional groups attached to an aromatic ring is 1. The second-order valence-corrected chi connectivity index (χ2v) is 4.38. The monoisotopic (exact) mass is 280 g/mol. The standard InChI is InChI=1S/C13H10Cl2N2O/c14-10-2-1-3-11(12(10)15)18-9-6-4-8(5-7-9)13(16)17/h1-7H,(H3,16,17). The lowest BCUT2D eigenvalue weighted by atomic mass is 10.2. The summed E-state index contributed by atoms with van der Waals surface area (Å²) in [5.41, 5.74) is 6.00. The van der Waals surface area contributed by atoms with E-state index < -0.39 is 0 Å². The summed E-state index contributed by atoms with van der Waals surface area (Å²) in [6, 6.07) is 12.0. The molecule has 0 unspecified atom stereocenters. The molecule has 0 saturated heterocycles. The van der Waals surface area contributed by atoms with Crippen LogP contribution in [0.3, 0.4) is 0 Å². The van der Waals surface area contributed by atoms with Crippen LogP contribution >= 0.6 is 23.2 Å². The van der Waals surface area contributed by atoms with E-state index in [4.69, 9.17) is 39.1 Å². The number of rotatable bonds is 3. The van der Waals surface area contributed by atoms with Crippen molar-refractivity contribution in [3.8, 4) is 11.5 Å². The summed E-state index contributed by atoms with van der Waals surface area (Å²) in [7, 11) is 0. The van der Waals surface area contributed by atoms with Crippen molar-refractivity contribution >= 4 is 29.0 Å². The Kier molecular flexibility index (Phi) is 3.75. The van der Waals surface area contributed by atoms with E-state index in [9.17, 15) is 0 Å². The van der Waals surface area contributed by atoms with Crippen LogP contribution in [0.1, 0.15) is 5.56 Å². The fraction of sp³-hybridized carbons (Fsp3) is 0. The molecule has 0 radical (unpaired) electrons. The van der Waals surface area contributed by atoms with Crippen molar-refractivity contribution in [2.45, 2.75) is 0 Å². The summed E-state index contributed by atoms with van der Waals surface area (Å²) in [5.74, 6) is 1.10. The van der Waals surface area contributed by atoms with Gasteiger partial charge in [-0.1, -0.05) is 29.3 Å². The van der Waals surface area contributed by atoms with Gasteiger partial charge >= 0.3 is 0 Å². The molecule has 0 saturated carbocycles. The predicted octanol–water partition coefficient (Wildman–Crippen LogP) is 4.07. The van der Waals surface area contributed by atoms with E-state index in [1.165, 1.54) is 0 Å². The second-order valence-electron chi connectivity index (χ2n) is 3.59. The third kappa shape index (κ3) is 2.75. The zero-order valence-electron chi connectivity index (χ0n) is 9.28. The van der Waals surface area contributed by atoms with Crippen LogP contribution in [0.15, 0.2) is 42.5 Å². The van der Waals surface area contributed by atoms with Gasteiger partial charge in [-0.3, -0.25) is 5.41 Å². The minimum absolute atomic E-state index is 0.0161. The van der Waals surface area contributed by atoms with Crippen LogP contribution < -0.4 is 10.5 Å². The first-order valence-electron chi connectivity index (χ1n) is 5.14. The van der Waals surface area contributed by atoms with Crippen LogP contribution in [-0.2, 0) is 0 Å². The maximum absolute atomic E-state index is 7.29. The van der Waals surface area contributed by atoms with Gasteiger partial charge < -0.3 is 10.5 Å². The van der Waals surface area contributed by atoms with E-state index >= 15 is 0 Å². The summed E-state index contributed by atoms with van der Waals surface area (Å²) in [5, 5.41) is 8.10. The number of nitrogens with one attached hydrogen (secondary N) is 1. The highest BCUT2D eigenvalue weighted by Crippen LogP contribution is 2.34. The van der Waals surface area contributed by atoms with Gasteiger partial charge in [0, 0.05) is 5.56 Å². The number of nitrogens with two attached hydrogens (primary N) is 1. The molecule has 0 fully saturated rings. The van der Waals surface area contributed by atoms with Crippen molar-refractivity contribution in [1.29, 1.82) is 5.41 Å². The number of hydrogen-bond acceptors (Lipinski definition) is 2. The van der Waals surface area contributed by atoms with Gasteiger partial charge in [0.1, 0.15) is 22.4 Å². The molecule has 3 nitrogen and oxygen atoms in total. The first-order chi connectivity index (χ1) is 8.58. The zero-order chi connectivity index (χ0) is 13.1. The topological polar surface area (TPSA) is 59.1 Å². The quantitative estimate of drug-likeness (QED) is 0.658. The molecule has 0 aliphatic heterocycles. The molecular weight excluding hydrogens is 271 g/mol. The lowest BCUT2D eigenvalue weighted by Crippen LogP contribution is -2.10. The van der Waals surface area contributed by atoms with Gasteiger partial charge in [-0.05, 0) is 36.4 Å². The molecule has 5 heteroatoms. The minimum atomic E-state index is 0.0161. The van der Waals surface area contributed by atoms with Gasteiger partial charge in [0.25, 0.3) is 0 Å². The number of halogens is 2. The van der Waals surface area contributed by atoms with Gasteiger partial charge in [-0.15, -0.1) is 0 Å². The zero-order valence-corrected chi connectivity index (χ0v) is 10.8. The largest absolute Gasteiger partial charge is 0.456 e. The smallest absolute Gasteiger partial charge is 0.147 e. The fourth-order valence-corrected chi connectivity index (χ4v) is 1.72. The van der Waals surface area contributed by atoms with Gasteiger partial charge in [0.2, 0.25) is 0 Å². The fourth-order valence-electron chi connectivity index (χ4n) is 1.39. The third-order valence-corrected chi connectivity index (χ3v) is 3.11. The van der Waals surface area contributed by atoms with Crippen LogP contribution in [0.2, 0.25) is 10.0 Å². The van der Waals surface area contributed by atoms with Gasteiger partial charge in [-0.25, -0.2) is 0 Å². The first kappa shape index (κ1) is 12.7. The van der Waals surface area contributed by atoms with E-state index in [-0.39, 0.29) is 5.84 Å². The molecule has 0 amide bonds. The Labute approximate surface area is 115 Å². The molecule has 0 spiro atoms. The maximum Gasteiger partial charge on any atom is 0.147 e. The minimum Gasteiger partial charge on any atom is -0.456 e. The average molecular weight is 281 g/mol. The highest BCUT2D eigenvalue weighted by atomic mass is 35.5. The molecular formula is C13H10Cl2N2O. The van der Waals surface area contributed by atoms with Crippen LogP contribution in [0.25, 0.3) is 0 Å². The molecule has 0 aliphatic rings. The summed E-state index contributed by atoms with van der Waals surface area (Å²) in [6.07, 6.45) is 0. The highest BCUT2D eigenvalue weighted by molar-refractivity contribution is 6.42. The molecule has 0 atom stereocenters. The highest BCUT2D eigenvalue weighted by Gasteiger charge is 2.06. The molecule has 92 valence electrons. The van der Waals surface area contributed by atoms with Crippen molar-refractivity contribution in [2.75, 3.05) is 0 Å². The SMILES string of the molecule is N=C(N)c1ccc(Oc2cccc(Cl)c2Cl)cc1. The molecule has 0 aliphatic carbocycles. The van der Waals surface area contributed by atoms with E-state index in [0.29, 0.717) is 27.1 Å². The second kappa shape index (κ2) is 5.29. The van der Waals surface area contributed by atoms with Crippen LogP contribution in [0, 0.1) is 5.41 Å². The summed E-state index contributed by atoms with van der Waals surface area (Å²) in [4.78, 5) is 0. The number of benzene rings is 2. The average Bonchev–Trinajstić information content (AvgIpc) is 2.36. The molecule has 0 bridgehead atoms. The summed E-state index contributed by atoms with van der Waals surface area (Å²) >= 11 is 11.9. The molecule has 0 aromatic heterocycles. The Hall–Kier alpha value is -1.71. The third-order valence-electron chi connectivity index (χ3n) is 2.31. The summed E-state index contributed by atoms with van der Waals surface area (Å²) < 4.78 is 5.60. The Morgan fingerprint density at radius 2 is 1.72 bits per heavy atom. The summed E-state index contributed by atoms with van der Waals surface area (Å²) in [6.45, 7) is 0. The van der Waals surface area contributed by atoms with Gasteiger partial charge in [0.05, 0.1) is 5.02 Å². The van der Waals surface area contributed by atoms with Crippen molar-refractivity contribution in [3.05, 3.63) is 58.1 Å². The normalized spacial score (nSPS) is 10.1. The van der Waals surface area contributed by atoms with Gasteiger partial charge in [0.15, 0.2) is 0 Å². The molecule has 18 heavy (non-hydrogen) atoms. The van der Waals surface area contributed by atoms with Crippen LogP contribution in [-0.4, -0.2) is 5.84 Å². The van der Waals surface area contributed by atoms with Gasteiger partial charge in [-0.2, -0.15) is 0 Å². The van der Waals surface area contributed by atoms with E-state index in [1.54, 1.807) is 42.5 Å². The van der Waals surface area contributed by atoms with Crippen LogP contribution in [0.5, 0.6) is 11.5 Å². The molecule has 2 aromatic carbocycles. The Morgan fingerprint density at radius 1 is 1.06 bits per heavy atom. The number of ether oxygens (including phenoxy) is 1. The maximum atomic E-state index is 7.29. The Morgan fingerprint density at radius 3 is 2.33 bits per heavy atom. The van der Waals surface area contributed by atoms with Crippen molar-refractivity contribution in [3.63, 3.8) is 0 Å².